The normalized spacial score (nSPS) is 17.9. The molecule has 2 heterocycles. The standard InChI is InChI=1S/C13H14ClNO4S/c14-11-5-4-10(20-11)9(16)3-6-12(17)19-13(18)8-2-1-7-15-8/h4-5,8,15H,1-3,6-7H2/t8-/m0/s1. The van der Waals surface area contributed by atoms with Crippen molar-refractivity contribution < 1.29 is 19.1 Å². The summed E-state index contributed by atoms with van der Waals surface area (Å²) in [5.74, 6) is -1.40. The van der Waals surface area contributed by atoms with Gasteiger partial charge in [0.05, 0.1) is 15.6 Å². The molecule has 1 saturated heterocycles. The Morgan fingerprint density at radius 2 is 2.15 bits per heavy atom. The summed E-state index contributed by atoms with van der Waals surface area (Å²) >= 11 is 6.90. The summed E-state index contributed by atoms with van der Waals surface area (Å²) in [6.07, 6.45) is 1.48. The van der Waals surface area contributed by atoms with Gasteiger partial charge in [0, 0.05) is 6.42 Å². The molecule has 1 aromatic rings. The third-order valence-corrected chi connectivity index (χ3v) is 4.24. The molecule has 1 N–H and O–H groups in total. The number of hydrogen-bond acceptors (Lipinski definition) is 6. The molecule has 1 atom stereocenters. The van der Waals surface area contributed by atoms with Crippen LogP contribution < -0.4 is 5.32 Å². The molecule has 0 spiro atoms. The Bertz CT molecular complexity index is 522. The number of nitrogens with one attached hydrogen (secondary N) is 1. The minimum atomic E-state index is -0.667. The molecule has 20 heavy (non-hydrogen) atoms. The molecule has 7 heteroatoms. The van der Waals surface area contributed by atoms with Crippen LogP contribution in [-0.2, 0) is 14.3 Å². The third-order valence-electron chi connectivity index (χ3n) is 2.96. The number of Topliss-reactive ketones (excluding diaryl/α,β-unsaturated/α-hetero) is 1. The third kappa shape index (κ3) is 4.13. The van der Waals surface area contributed by atoms with Gasteiger partial charge in [-0.15, -0.1) is 11.3 Å². The predicted octanol–water partition coefficient (Wildman–Crippen LogP) is 2.19. The first-order chi connectivity index (χ1) is 9.56. The number of carbonyl (C=O) groups excluding carboxylic acids is 3. The molecule has 5 nitrogen and oxygen atoms in total. The van der Waals surface area contributed by atoms with Crippen LogP contribution >= 0.6 is 22.9 Å². The number of ketones is 1. The lowest BCUT2D eigenvalue weighted by atomic mass is 10.2. The number of esters is 2. The number of halogens is 1. The summed E-state index contributed by atoms with van der Waals surface area (Å²) < 4.78 is 5.24. The zero-order chi connectivity index (χ0) is 14.5. The molecular formula is C13H14ClNO4S. The van der Waals surface area contributed by atoms with Crippen LogP contribution in [0.15, 0.2) is 12.1 Å². The average Bonchev–Trinajstić information content (AvgIpc) is 3.06. The van der Waals surface area contributed by atoms with Crippen molar-refractivity contribution in [2.24, 2.45) is 0 Å². The quantitative estimate of drug-likeness (QED) is 0.512. The minimum Gasteiger partial charge on any atom is -0.392 e. The van der Waals surface area contributed by atoms with E-state index < -0.39 is 18.0 Å². The van der Waals surface area contributed by atoms with Crippen molar-refractivity contribution in [2.75, 3.05) is 6.54 Å². The van der Waals surface area contributed by atoms with Gasteiger partial charge < -0.3 is 10.1 Å². The van der Waals surface area contributed by atoms with E-state index in [0.29, 0.717) is 15.6 Å². The van der Waals surface area contributed by atoms with Crippen LogP contribution in [0.25, 0.3) is 0 Å². The van der Waals surface area contributed by atoms with E-state index in [1.165, 1.54) is 11.3 Å². The minimum absolute atomic E-state index is 0.0149. The van der Waals surface area contributed by atoms with Crippen LogP contribution in [0.3, 0.4) is 0 Å². The largest absolute Gasteiger partial charge is 0.392 e. The summed E-state index contributed by atoms with van der Waals surface area (Å²) in [5.41, 5.74) is 0. The fourth-order valence-corrected chi connectivity index (χ4v) is 2.93. The van der Waals surface area contributed by atoms with E-state index in [9.17, 15) is 14.4 Å². The van der Waals surface area contributed by atoms with Crippen molar-refractivity contribution in [3.05, 3.63) is 21.3 Å². The molecule has 0 aliphatic carbocycles. The maximum absolute atomic E-state index is 11.8. The Morgan fingerprint density at radius 1 is 1.35 bits per heavy atom. The Balaban J connectivity index is 1.74. The first-order valence-electron chi connectivity index (χ1n) is 6.32. The highest BCUT2D eigenvalue weighted by Crippen LogP contribution is 2.23. The van der Waals surface area contributed by atoms with Crippen molar-refractivity contribution in [1.82, 2.24) is 5.32 Å². The van der Waals surface area contributed by atoms with Crippen LogP contribution in [0.4, 0.5) is 0 Å². The molecule has 2 rings (SSSR count). The van der Waals surface area contributed by atoms with Crippen molar-refractivity contribution in [2.45, 2.75) is 31.7 Å². The molecule has 0 unspecified atom stereocenters. The molecule has 0 radical (unpaired) electrons. The van der Waals surface area contributed by atoms with E-state index in [1.54, 1.807) is 12.1 Å². The molecule has 1 fully saturated rings. The van der Waals surface area contributed by atoms with Gasteiger partial charge >= 0.3 is 11.9 Å². The number of hydrogen-bond donors (Lipinski definition) is 1. The lowest BCUT2D eigenvalue weighted by Gasteiger charge is -2.08. The fraction of sp³-hybridized carbons (Fsp3) is 0.462. The van der Waals surface area contributed by atoms with Gasteiger partial charge in [0.1, 0.15) is 6.04 Å². The summed E-state index contributed by atoms with van der Waals surface area (Å²) in [4.78, 5) is 35.3. The van der Waals surface area contributed by atoms with Gasteiger partial charge in [0.15, 0.2) is 5.78 Å². The number of rotatable bonds is 5. The number of thiophene rings is 1. The van der Waals surface area contributed by atoms with Gasteiger partial charge in [-0.25, -0.2) is 4.79 Å². The molecule has 0 saturated carbocycles. The summed E-state index contributed by atoms with van der Waals surface area (Å²) in [6, 6.07) is 2.85. The molecule has 1 aliphatic rings. The topological polar surface area (TPSA) is 72.5 Å². The predicted molar refractivity (Wildman–Crippen MR) is 75.0 cm³/mol. The van der Waals surface area contributed by atoms with E-state index in [4.69, 9.17) is 16.3 Å². The van der Waals surface area contributed by atoms with Gasteiger partial charge in [0.2, 0.25) is 0 Å². The van der Waals surface area contributed by atoms with Crippen LogP contribution in [0.5, 0.6) is 0 Å². The zero-order valence-electron chi connectivity index (χ0n) is 10.7. The second-order valence-corrected chi connectivity index (χ2v) is 6.18. The van der Waals surface area contributed by atoms with Gasteiger partial charge in [-0.3, -0.25) is 9.59 Å². The first kappa shape index (κ1) is 15.2. The van der Waals surface area contributed by atoms with Crippen molar-refractivity contribution in [1.29, 1.82) is 0 Å². The fourth-order valence-electron chi connectivity index (χ4n) is 1.92. The lowest BCUT2D eigenvalue weighted by molar-refractivity contribution is -0.160. The summed E-state index contributed by atoms with van der Waals surface area (Å²) in [5, 5.41) is 2.95. The van der Waals surface area contributed by atoms with Crippen LogP contribution in [0, 0.1) is 0 Å². The maximum Gasteiger partial charge on any atom is 0.330 e. The first-order valence-corrected chi connectivity index (χ1v) is 7.52. The molecule has 1 aromatic heterocycles. The Hall–Kier alpha value is -1.24. The van der Waals surface area contributed by atoms with Crippen molar-refractivity contribution in [3.8, 4) is 0 Å². The van der Waals surface area contributed by atoms with E-state index >= 15 is 0 Å². The van der Waals surface area contributed by atoms with Crippen LogP contribution in [0.1, 0.15) is 35.4 Å². The lowest BCUT2D eigenvalue weighted by Crippen LogP contribution is -2.33. The average molecular weight is 316 g/mol. The van der Waals surface area contributed by atoms with Gasteiger partial charge in [-0.05, 0) is 31.5 Å². The molecule has 1 aliphatic heterocycles. The Kier molecular flexibility index (Phi) is 5.28. The van der Waals surface area contributed by atoms with E-state index in [2.05, 4.69) is 5.32 Å². The van der Waals surface area contributed by atoms with E-state index in [1.807, 2.05) is 0 Å². The van der Waals surface area contributed by atoms with Crippen molar-refractivity contribution in [3.63, 3.8) is 0 Å². The molecule has 0 aromatic carbocycles. The van der Waals surface area contributed by atoms with Crippen LogP contribution in [-0.4, -0.2) is 30.3 Å². The zero-order valence-corrected chi connectivity index (χ0v) is 12.3. The summed E-state index contributed by atoms with van der Waals surface area (Å²) in [7, 11) is 0. The van der Waals surface area contributed by atoms with Gasteiger partial charge in [-0.2, -0.15) is 0 Å². The number of ether oxygens (including phenoxy) is 1. The Labute approximate surface area is 125 Å². The second-order valence-electron chi connectivity index (χ2n) is 4.47. The van der Waals surface area contributed by atoms with Crippen molar-refractivity contribution >= 4 is 40.7 Å². The molecule has 0 bridgehead atoms. The highest BCUT2D eigenvalue weighted by molar-refractivity contribution is 7.18. The van der Waals surface area contributed by atoms with Gasteiger partial charge in [0.25, 0.3) is 0 Å². The Morgan fingerprint density at radius 3 is 2.75 bits per heavy atom. The maximum atomic E-state index is 11.8. The highest BCUT2D eigenvalue weighted by atomic mass is 35.5. The summed E-state index contributed by atoms with van der Waals surface area (Å²) in [6.45, 7) is 0.756. The smallest absolute Gasteiger partial charge is 0.330 e. The number of carbonyl (C=O) groups is 3. The molecular weight excluding hydrogens is 302 g/mol. The second kappa shape index (κ2) is 6.97. The van der Waals surface area contributed by atoms with E-state index in [-0.39, 0.29) is 18.6 Å². The SMILES string of the molecule is O=C(CCC(=O)c1ccc(Cl)s1)OC(=O)[C@@H]1CCCN1. The molecule has 108 valence electrons. The monoisotopic (exact) mass is 315 g/mol. The van der Waals surface area contributed by atoms with Gasteiger partial charge in [-0.1, -0.05) is 11.6 Å². The highest BCUT2D eigenvalue weighted by Gasteiger charge is 2.25. The van der Waals surface area contributed by atoms with E-state index in [0.717, 1.165) is 13.0 Å². The van der Waals surface area contributed by atoms with Crippen LogP contribution in [0.2, 0.25) is 4.34 Å². The molecule has 0 amide bonds.